The van der Waals surface area contributed by atoms with Crippen molar-refractivity contribution in [1.29, 1.82) is 0 Å². The molecule has 0 saturated heterocycles. The van der Waals surface area contributed by atoms with Crippen molar-refractivity contribution in [2.24, 2.45) is 5.41 Å². The molecule has 0 fully saturated rings. The molecule has 0 aromatic carbocycles. The molecule has 0 atom stereocenters. The lowest BCUT2D eigenvalue weighted by Gasteiger charge is -2.18. The van der Waals surface area contributed by atoms with E-state index in [1.54, 1.807) is 41.5 Å². The summed E-state index contributed by atoms with van der Waals surface area (Å²) in [5, 5.41) is 5.75. The Balaban J connectivity index is 3.17. The molecule has 1 amide bonds. The van der Waals surface area contributed by atoms with Crippen molar-refractivity contribution in [2.45, 2.75) is 41.5 Å². The van der Waals surface area contributed by atoms with Gasteiger partial charge in [-0.3, -0.25) is 4.79 Å². The van der Waals surface area contributed by atoms with Gasteiger partial charge in [0.2, 0.25) is 5.91 Å². The monoisotopic (exact) mass is 400 g/mol. The van der Waals surface area contributed by atoms with Gasteiger partial charge in [0.15, 0.2) is 5.11 Å². The number of nitrogens with one attached hydrogen (secondary N) is 2. The topological polar surface area (TPSA) is 93.7 Å². The fourth-order valence-corrected chi connectivity index (χ4v) is 3.22. The van der Waals surface area contributed by atoms with E-state index >= 15 is 0 Å². The summed E-state index contributed by atoms with van der Waals surface area (Å²) in [5.41, 5.74) is 0.0172. The highest BCUT2D eigenvalue weighted by Gasteiger charge is 2.28. The van der Waals surface area contributed by atoms with Gasteiger partial charge in [-0.05, 0) is 38.6 Å². The van der Waals surface area contributed by atoms with Crippen molar-refractivity contribution >= 4 is 51.5 Å². The molecule has 0 aliphatic heterocycles. The Morgan fingerprint density at radius 1 is 1.08 bits per heavy atom. The minimum atomic E-state index is -0.628. The summed E-state index contributed by atoms with van der Waals surface area (Å²) >= 11 is 6.18. The Morgan fingerprint density at radius 3 is 2.12 bits per heavy atom. The van der Waals surface area contributed by atoms with Gasteiger partial charge in [0.1, 0.15) is 9.88 Å². The number of hydrogen-bond acceptors (Lipinski definition) is 7. The van der Waals surface area contributed by atoms with Crippen molar-refractivity contribution in [3.8, 4) is 0 Å². The largest absolute Gasteiger partial charge is 0.462 e. The van der Waals surface area contributed by atoms with E-state index in [4.69, 9.17) is 21.7 Å². The second-order valence-electron chi connectivity index (χ2n) is 6.36. The van der Waals surface area contributed by atoms with Gasteiger partial charge in [0, 0.05) is 5.41 Å². The van der Waals surface area contributed by atoms with Gasteiger partial charge in [-0.2, -0.15) is 0 Å². The van der Waals surface area contributed by atoms with E-state index in [-0.39, 0.29) is 34.7 Å². The first-order chi connectivity index (χ1) is 12.0. The van der Waals surface area contributed by atoms with E-state index in [1.165, 1.54) is 0 Å². The smallest absolute Gasteiger partial charge is 0.348 e. The number of rotatable bonds is 5. The number of carbonyl (C=O) groups is 3. The van der Waals surface area contributed by atoms with Gasteiger partial charge in [-0.1, -0.05) is 20.8 Å². The minimum absolute atomic E-state index is 0.0344. The third kappa shape index (κ3) is 5.50. The third-order valence-electron chi connectivity index (χ3n) is 3.22. The first-order valence-electron chi connectivity index (χ1n) is 8.12. The summed E-state index contributed by atoms with van der Waals surface area (Å²) in [6.45, 7) is 10.7. The maximum absolute atomic E-state index is 12.3. The summed E-state index contributed by atoms with van der Waals surface area (Å²) in [5.74, 6) is -1.38. The average molecular weight is 401 g/mol. The Labute approximate surface area is 162 Å². The molecule has 1 rings (SSSR count). The standard InChI is InChI=1S/C17H24N2O5S2/c1-7-23-13(20)10-9(3)11(14(21)24-8-2)26-12(10)18-16(25)19-15(22)17(4,5)6/h7-8H2,1-6H3,(H2,18,19,22,25). The molecular weight excluding hydrogens is 376 g/mol. The maximum atomic E-state index is 12.3. The van der Waals surface area contributed by atoms with E-state index in [9.17, 15) is 14.4 Å². The molecule has 0 saturated carbocycles. The molecule has 2 N–H and O–H groups in total. The lowest BCUT2D eigenvalue weighted by atomic mass is 9.96. The molecule has 9 heteroatoms. The van der Waals surface area contributed by atoms with Crippen LogP contribution in [0.2, 0.25) is 0 Å². The Hall–Kier alpha value is -2.00. The predicted molar refractivity (Wildman–Crippen MR) is 105 cm³/mol. The highest BCUT2D eigenvalue weighted by atomic mass is 32.1. The van der Waals surface area contributed by atoms with E-state index in [2.05, 4.69) is 10.6 Å². The van der Waals surface area contributed by atoms with Crippen molar-refractivity contribution in [2.75, 3.05) is 18.5 Å². The Bertz CT molecular complexity index is 719. The van der Waals surface area contributed by atoms with Crippen LogP contribution in [0.3, 0.4) is 0 Å². The molecule has 0 aliphatic rings. The first-order valence-corrected chi connectivity index (χ1v) is 9.35. The number of thiocarbonyl (C=S) groups is 1. The molecular formula is C17H24N2O5S2. The summed E-state index contributed by atoms with van der Waals surface area (Å²) in [6, 6.07) is 0. The van der Waals surface area contributed by atoms with Crippen LogP contribution >= 0.6 is 23.6 Å². The molecule has 0 spiro atoms. The number of carbonyl (C=O) groups excluding carboxylic acids is 3. The Kier molecular flexibility index (Phi) is 7.70. The van der Waals surface area contributed by atoms with Crippen LogP contribution in [0.5, 0.6) is 0 Å². The molecule has 1 aromatic heterocycles. The molecule has 0 unspecified atom stereocenters. The zero-order valence-corrected chi connectivity index (χ0v) is 17.4. The average Bonchev–Trinajstić information content (AvgIpc) is 2.83. The zero-order valence-electron chi connectivity index (χ0n) is 15.8. The first kappa shape index (κ1) is 22.0. The molecule has 0 radical (unpaired) electrons. The van der Waals surface area contributed by atoms with E-state index in [0.29, 0.717) is 10.6 Å². The summed E-state index contributed by atoms with van der Waals surface area (Å²) in [4.78, 5) is 36.7. The van der Waals surface area contributed by atoms with E-state index in [1.807, 2.05) is 0 Å². The van der Waals surface area contributed by atoms with Crippen molar-refractivity contribution in [1.82, 2.24) is 5.32 Å². The predicted octanol–water partition coefficient (Wildman–Crippen LogP) is 3.27. The van der Waals surface area contributed by atoms with Crippen LogP contribution in [0.15, 0.2) is 0 Å². The second-order valence-corrected chi connectivity index (χ2v) is 7.79. The fraction of sp³-hybridized carbons (Fsp3) is 0.529. The van der Waals surface area contributed by atoms with Gasteiger partial charge in [-0.25, -0.2) is 9.59 Å². The molecule has 26 heavy (non-hydrogen) atoms. The van der Waals surface area contributed by atoms with E-state index in [0.717, 1.165) is 11.3 Å². The SMILES string of the molecule is CCOC(=O)c1sc(NC(=S)NC(=O)C(C)(C)C)c(C(=O)OCC)c1C. The van der Waals surface area contributed by atoms with Crippen LogP contribution in [0.25, 0.3) is 0 Å². The molecule has 7 nitrogen and oxygen atoms in total. The molecule has 144 valence electrons. The normalized spacial score (nSPS) is 10.8. The fourth-order valence-electron chi connectivity index (χ4n) is 1.87. The number of anilines is 1. The third-order valence-corrected chi connectivity index (χ3v) is 4.61. The maximum Gasteiger partial charge on any atom is 0.348 e. The van der Waals surface area contributed by atoms with Gasteiger partial charge in [0.05, 0.1) is 18.8 Å². The van der Waals surface area contributed by atoms with Gasteiger partial charge < -0.3 is 20.1 Å². The van der Waals surface area contributed by atoms with Crippen LogP contribution in [0, 0.1) is 12.3 Å². The number of ether oxygens (including phenoxy) is 2. The van der Waals surface area contributed by atoms with Crippen LogP contribution in [0.1, 0.15) is 60.2 Å². The highest BCUT2D eigenvalue weighted by molar-refractivity contribution is 7.80. The zero-order chi connectivity index (χ0) is 20.1. The lowest BCUT2D eigenvalue weighted by molar-refractivity contribution is -0.126. The number of hydrogen-bond donors (Lipinski definition) is 2. The minimum Gasteiger partial charge on any atom is -0.462 e. The molecule has 1 aromatic rings. The highest BCUT2D eigenvalue weighted by Crippen LogP contribution is 2.34. The van der Waals surface area contributed by atoms with Crippen LogP contribution in [-0.2, 0) is 14.3 Å². The van der Waals surface area contributed by atoms with Gasteiger partial charge in [-0.15, -0.1) is 11.3 Å². The van der Waals surface area contributed by atoms with Crippen molar-refractivity contribution in [3.63, 3.8) is 0 Å². The van der Waals surface area contributed by atoms with Crippen LogP contribution in [-0.4, -0.2) is 36.2 Å². The van der Waals surface area contributed by atoms with E-state index < -0.39 is 17.4 Å². The quantitative estimate of drug-likeness (QED) is 0.579. The Morgan fingerprint density at radius 2 is 1.62 bits per heavy atom. The molecule has 0 bridgehead atoms. The number of esters is 2. The summed E-state index contributed by atoms with van der Waals surface area (Å²) in [6.07, 6.45) is 0. The number of amides is 1. The molecule has 1 heterocycles. The summed E-state index contributed by atoms with van der Waals surface area (Å²) < 4.78 is 10.1. The van der Waals surface area contributed by atoms with Crippen molar-refractivity contribution in [3.05, 3.63) is 16.0 Å². The summed E-state index contributed by atoms with van der Waals surface area (Å²) in [7, 11) is 0. The second kappa shape index (κ2) is 9.09. The van der Waals surface area contributed by atoms with Gasteiger partial charge in [0.25, 0.3) is 0 Å². The molecule has 0 aliphatic carbocycles. The van der Waals surface area contributed by atoms with Gasteiger partial charge >= 0.3 is 11.9 Å². The van der Waals surface area contributed by atoms with Crippen molar-refractivity contribution < 1.29 is 23.9 Å². The van der Waals surface area contributed by atoms with Crippen LogP contribution in [0.4, 0.5) is 5.00 Å². The number of thiophene rings is 1. The lowest BCUT2D eigenvalue weighted by Crippen LogP contribution is -2.41. The van der Waals surface area contributed by atoms with Crippen LogP contribution < -0.4 is 10.6 Å².